The van der Waals surface area contributed by atoms with Gasteiger partial charge in [0.15, 0.2) is 0 Å². The van der Waals surface area contributed by atoms with Crippen LogP contribution in [0.15, 0.2) is 71.4 Å². The van der Waals surface area contributed by atoms with Crippen molar-refractivity contribution < 1.29 is 8.81 Å². The van der Waals surface area contributed by atoms with Crippen LogP contribution in [0.1, 0.15) is 11.3 Å². The normalized spacial score (nSPS) is 16.0. The summed E-state index contributed by atoms with van der Waals surface area (Å²) in [5.41, 5.74) is 2.79. The Kier molecular flexibility index (Phi) is 5.95. The topological polar surface area (TPSA) is 32.5 Å². The summed E-state index contributed by atoms with van der Waals surface area (Å²) in [6.07, 6.45) is 6.08. The van der Waals surface area contributed by atoms with Crippen LogP contribution in [-0.2, 0) is 6.54 Å². The maximum absolute atomic E-state index is 13.4. The van der Waals surface area contributed by atoms with Gasteiger partial charge < -0.3 is 4.42 Å². The van der Waals surface area contributed by atoms with Crippen LogP contribution in [0.3, 0.4) is 0 Å². The zero-order valence-electron chi connectivity index (χ0n) is 15.8. The maximum atomic E-state index is 13.4. The van der Waals surface area contributed by atoms with Crippen LogP contribution >= 0.6 is 0 Å². The maximum Gasteiger partial charge on any atom is 0.226 e. The lowest BCUT2D eigenvalue weighted by molar-refractivity contribution is 0.136. The summed E-state index contributed by atoms with van der Waals surface area (Å²) in [6, 6.07) is 16.7. The van der Waals surface area contributed by atoms with E-state index < -0.39 is 0 Å². The molecule has 28 heavy (non-hydrogen) atoms. The smallest absolute Gasteiger partial charge is 0.226 e. The van der Waals surface area contributed by atoms with Crippen molar-refractivity contribution >= 4 is 6.08 Å². The lowest BCUT2D eigenvalue weighted by Gasteiger charge is -2.33. The fraction of sp³-hybridized carbons (Fsp3) is 0.261. The second kappa shape index (κ2) is 8.95. The Hall–Kier alpha value is -2.76. The van der Waals surface area contributed by atoms with Crippen LogP contribution in [0.25, 0.3) is 17.5 Å². The molecule has 2 aromatic carbocycles. The van der Waals surface area contributed by atoms with Gasteiger partial charge in [-0.1, -0.05) is 48.6 Å². The van der Waals surface area contributed by atoms with Crippen molar-refractivity contribution in [2.24, 2.45) is 0 Å². The molecule has 0 N–H and O–H groups in total. The molecule has 1 saturated heterocycles. The molecule has 5 heteroatoms. The zero-order valence-corrected chi connectivity index (χ0v) is 15.8. The largest absolute Gasteiger partial charge is 0.444 e. The molecule has 0 bridgehead atoms. The lowest BCUT2D eigenvalue weighted by Crippen LogP contribution is -2.45. The first-order valence-corrected chi connectivity index (χ1v) is 9.63. The predicted molar refractivity (Wildman–Crippen MR) is 109 cm³/mol. The summed E-state index contributed by atoms with van der Waals surface area (Å²) >= 11 is 0. The number of aromatic nitrogens is 1. The summed E-state index contributed by atoms with van der Waals surface area (Å²) in [7, 11) is 0. The molecule has 0 saturated carbocycles. The number of hydrogen-bond donors (Lipinski definition) is 0. The fourth-order valence-corrected chi connectivity index (χ4v) is 3.39. The van der Waals surface area contributed by atoms with Crippen LogP contribution in [-0.4, -0.2) is 47.5 Å². The van der Waals surface area contributed by atoms with Gasteiger partial charge in [-0.05, 0) is 23.8 Å². The Morgan fingerprint density at radius 1 is 0.964 bits per heavy atom. The van der Waals surface area contributed by atoms with Gasteiger partial charge in [0.25, 0.3) is 0 Å². The molecule has 0 unspecified atom stereocenters. The second-order valence-corrected chi connectivity index (χ2v) is 7.04. The standard InChI is InChI=1S/C23H24FN3O/c24-21-10-4-9-20(16-21)23-25-22(18-28-23)17-27-14-12-26(13-15-27)11-5-8-19-6-2-1-3-7-19/h1-10,16,18H,11-15,17H2/b8-5+. The van der Waals surface area contributed by atoms with Gasteiger partial charge in [-0.3, -0.25) is 9.80 Å². The van der Waals surface area contributed by atoms with Crippen LogP contribution in [0.5, 0.6) is 0 Å². The van der Waals surface area contributed by atoms with Gasteiger partial charge >= 0.3 is 0 Å². The molecule has 1 fully saturated rings. The van der Waals surface area contributed by atoms with Crippen molar-refractivity contribution in [3.63, 3.8) is 0 Å². The molecular weight excluding hydrogens is 353 g/mol. The van der Waals surface area contributed by atoms with Crippen molar-refractivity contribution in [3.05, 3.63) is 84.0 Å². The monoisotopic (exact) mass is 377 g/mol. The Morgan fingerprint density at radius 2 is 1.75 bits per heavy atom. The van der Waals surface area contributed by atoms with Gasteiger partial charge in [0.2, 0.25) is 5.89 Å². The minimum Gasteiger partial charge on any atom is -0.444 e. The van der Waals surface area contributed by atoms with Crippen molar-refractivity contribution in [3.8, 4) is 11.5 Å². The van der Waals surface area contributed by atoms with Crippen molar-refractivity contribution in [1.29, 1.82) is 0 Å². The van der Waals surface area contributed by atoms with E-state index >= 15 is 0 Å². The number of rotatable bonds is 6. The van der Waals surface area contributed by atoms with E-state index in [1.807, 2.05) is 6.07 Å². The summed E-state index contributed by atoms with van der Waals surface area (Å²) < 4.78 is 18.9. The minimum atomic E-state index is -0.283. The highest BCUT2D eigenvalue weighted by molar-refractivity contribution is 5.53. The van der Waals surface area contributed by atoms with Crippen LogP contribution in [0, 0.1) is 5.82 Å². The van der Waals surface area contributed by atoms with E-state index in [4.69, 9.17) is 4.42 Å². The highest BCUT2D eigenvalue weighted by Crippen LogP contribution is 2.20. The number of benzene rings is 2. The molecule has 0 aliphatic carbocycles. The Balaban J connectivity index is 1.25. The van der Waals surface area contributed by atoms with Gasteiger partial charge in [-0.15, -0.1) is 0 Å². The molecule has 0 atom stereocenters. The third-order valence-electron chi connectivity index (χ3n) is 4.95. The number of halogens is 1. The molecule has 0 amide bonds. The predicted octanol–water partition coefficient (Wildman–Crippen LogP) is 4.31. The van der Waals surface area contributed by atoms with E-state index in [9.17, 15) is 4.39 Å². The Labute approximate surface area is 164 Å². The SMILES string of the molecule is Fc1cccc(-c2nc(CN3CCN(C/C=C/c4ccccc4)CC3)co2)c1. The van der Waals surface area contributed by atoms with Gasteiger partial charge in [0, 0.05) is 44.8 Å². The first kappa shape index (κ1) is 18.6. The van der Waals surface area contributed by atoms with E-state index in [2.05, 4.69) is 51.2 Å². The van der Waals surface area contributed by atoms with Crippen LogP contribution < -0.4 is 0 Å². The number of piperazine rings is 1. The summed E-state index contributed by atoms with van der Waals surface area (Å²) in [4.78, 5) is 9.35. The van der Waals surface area contributed by atoms with Gasteiger partial charge in [0.05, 0.1) is 5.69 Å². The molecule has 1 aliphatic rings. The lowest BCUT2D eigenvalue weighted by atomic mass is 10.2. The third-order valence-corrected chi connectivity index (χ3v) is 4.95. The van der Waals surface area contributed by atoms with Crippen molar-refractivity contribution in [2.45, 2.75) is 6.54 Å². The third kappa shape index (κ3) is 4.94. The molecule has 4 rings (SSSR count). The van der Waals surface area contributed by atoms with Crippen LogP contribution in [0.4, 0.5) is 4.39 Å². The van der Waals surface area contributed by atoms with E-state index in [-0.39, 0.29) is 5.82 Å². The summed E-state index contributed by atoms with van der Waals surface area (Å²) in [5.74, 6) is 0.189. The summed E-state index contributed by atoms with van der Waals surface area (Å²) in [5, 5.41) is 0. The average molecular weight is 377 g/mol. The molecular formula is C23H24FN3O. The molecule has 1 aliphatic heterocycles. The Morgan fingerprint density at radius 3 is 2.54 bits per heavy atom. The fourth-order valence-electron chi connectivity index (χ4n) is 3.39. The van der Waals surface area contributed by atoms with Gasteiger partial charge in [0.1, 0.15) is 12.1 Å². The van der Waals surface area contributed by atoms with Gasteiger partial charge in [-0.25, -0.2) is 9.37 Å². The van der Waals surface area contributed by atoms with E-state index in [0.29, 0.717) is 11.5 Å². The first-order chi connectivity index (χ1) is 13.8. The highest BCUT2D eigenvalue weighted by Gasteiger charge is 2.17. The first-order valence-electron chi connectivity index (χ1n) is 9.63. The van der Waals surface area contributed by atoms with E-state index in [1.54, 1.807) is 18.4 Å². The quantitative estimate of drug-likeness (QED) is 0.641. The zero-order chi connectivity index (χ0) is 19.2. The molecule has 0 radical (unpaired) electrons. The minimum absolute atomic E-state index is 0.283. The number of nitrogens with zero attached hydrogens (tertiary/aromatic N) is 3. The van der Waals surface area contributed by atoms with Crippen molar-refractivity contribution in [1.82, 2.24) is 14.8 Å². The molecule has 144 valence electrons. The molecule has 3 aromatic rings. The molecule has 0 spiro atoms. The second-order valence-electron chi connectivity index (χ2n) is 7.04. The molecule has 2 heterocycles. The van der Waals surface area contributed by atoms with Gasteiger partial charge in [-0.2, -0.15) is 0 Å². The average Bonchev–Trinajstić information content (AvgIpc) is 3.19. The Bertz CT molecular complexity index is 914. The number of hydrogen-bond acceptors (Lipinski definition) is 4. The summed E-state index contributed by atoms with van der Waals surface area (Å²) in [6.45, 7) is 5.80. The molecule has 4 nitrogen and oxygen atoms in total. The molecule has 1 aromatic heterocycles. The van der Waals surface area contributed by atoms with E-state index in [0.717, 1.165) is 45.0 Å². The van der Waals surface area contributed by atoms with Crippen LogP contribution in [0.2, 0.25) is 0 Å². The van der Waals surface area contributed by atoms with E-state index in [1.165, 1.54) is 17.7 Å². The van der Waals surface area contributed by atoms with Crippen molar-refractivity contribution in [2.75, 3.05) is 32.7 Å². The number of oxazole rings is 1. The highest BCUT2D eigenvalue weighted by atomic mass is 19.1.